The first-order valence-corrected chi connectivity index (χ1v) is 6.49. The molecule has 0 aliphatic rings. The first-order valence-electron chi connectivity index (χ1n) is 6.49. The van der Waals surface area contributed by atoms with Crippen molar-refractivity contribution < 1.29 is 19.2 Å². The summed E-state index contributed by atoms with van der Waals surface area (Å²) < 4.78 is 9.90. The minimum absolute atomic E-state index is 0.0388. The molecular formula is C16H15NO5. The number of ether oxygens (including phenoxy) is 2. The van der Waals surface area contributed by atoms with Gasteiger partial charge in [0.05, 0.1) is 24.7 Å². The number of benzene rings is 2. The Morgan fingerprint density at radius 1 is 1.14 bits per heavy atom. The van der Waals surface area contributed by atoms with Gasteiger partial charge in [-0.15, -0.1) is 0 Å². The Labute approximate surface area is 127 Å². The minimum Gasteiger partial charge on any atom is -0.497 e. The Kier molecular flexibility index (Phi) is 4.41. The van der Waals surface area contributed by atoms with Crippen molar-refractivity contribution in [3.8, 4) is 16.9 Å². The van der Waals surface area contributed by atoms with Crippen LogP contribution < -0.4 is 4.74 Å². The topological polar surface area (TPSA) is 78.7 Å². The standard InChI is InChI=1S/C16H15NO5/c1-10-8-11(4-7-15(10)17(19)20)13-6-5-12(21-2)9-14(13)16(18)22-3/h4-9H,1-3H3. The predicted molar refractivity (Wildman–Crippen MR) is 81.2 cm³/mol. The number of nitro groups is 1. The van der Waals surface area contributed by atoms with Crippen LogP contribution in [0.25, 0.3) is 11.1 Å². The Bertz CT molecular complexity index is 739. The molecule has 2 rings (SSSR count). The smallest absolute Gasteiger partial charge is 0.338 e. The fourth-order valence-corrected chi connectivity index (χ4v) is 2.21. The van der Waals surface area contributed by atoms with E-state index in [2.05, 4.69) is 0 Å². The van der Waals surface area contributed by atoms with Crippen molar-refractivity contribution in [3.63, 3.8) is 0 Å². The molecule has 2 aromatic rings. The molecule has 0 aromatic heterocycles. The summed E-state index contributed by atoms with van der Waals surface area (Å²) in [6, 6.07) is 9.74. The molecule has 0 heterocycles. The highest BCUT2D eigenvalue weighted by molar-refractivity contribution is 5.97. The maximum absolute atomic E-state index is 11.9. The number of carbonyl (C=O) groups excluding carboxylic acids is 1. The maximum Gasteiger partial charge on any atom is 0.338 e. The van der Waals surface area contributed by atoms with Crippen LogP contribution in [0.1, 0.15) is 15.9 Å². The van der Waals surface area contributed by atoms with E-state index in [-0.39, 0.29) is 5.69 Å². The summed E-state index contributed by atoms with van der Waals surface area (Å²) >= 11 is 0. The van der Waals surface area contributed by atoms with Gasteiger partial charge < -0.3 is 9.47 Å². The highest BCUT2D eigenvalue weighted by Crippen LogP contribution is 2.31. The van der Waals surface area contributed by atoms with Gasteiger partial charge in [-0.2, -0.15) is 0 Å². The average molecular weight is 301 g/mol. The molecule has 0 unspecified atom stereocenters. The van der Waals surface area contributed by atoms with Gasteiger partial charge in [0.1, 0.15) is 5.75 Å². The van der Waals surface area contributed by atoms with Crippen LogP contribution in [0, 0.1) is 17.0 Å². The monoisotopic (exact) mass is 301 g/mol. The van der Waals surface area contributed by atoms with Crippen LogP contribution in [0.5, 0.6) is 5.75 Å². The number of rotatable bonds is 4. The van der Waals surface area contributed by atoms with E-state index in [1.165, 1.54) is 20.3 Å². The van der Waals surface area contributed by atoms with Gasteiger partial charge in [-0.05, 0) is 48.4 Å². The zero-order valence-electron chi connectivity index (χ0n) is 12.5. The third-order valence-electron chi connectivity index (χ3n) is 3.34. The molecule has 2 aromatic carbocycles. The second kappa shape index (κ2) is 6.26. The molecule has 0 N–H and O–H groups in total. The molecule has 0 saturated carbocycles. The predicted octanol–water partition coefficient (Wildman–Crippen LogP) is 3.37. The zero-order chi connectivity index (χ0) is 16.3. The summed E-state index contributed by atoms with van der Waals surface area (Å²) in [6.07, 6.45) is 0. The summed E-state index contributed by atoms with van der Waals surface area (Å²) in [4.78, 5) is 22.4. The number of esters is 1. The number of hydrogen-bond donors (Lipinski definition) is 0. The van der Waals surface area contributed by atoms with Gasteiger partial charge in [-0.3, -0.25) is 10.1 Å². The maximum atomic E-state index is 11.9. The van der Waals surface area contributed by atoms with E-state index in [0.29, 0.717) is 28.0 Å². The first kappa shape index (κ1) is 15.5. The van der Waals surface area contributed by atoms with Crippen molar-refractivity contribution in [3.05, 3.63) is 57.6 Å². The summed E-state index contributed by atoms with van der Waals surface area (Å²) in [5, 5.41) is 10.9. The number of methoxy groups -OCH3 is 2. The lowest BCUT2D eigenvalue weighted by atomic mass is 9.97. The van der Waals surface area contributed by atoms with Crippen LogP contribution in [0.3, 0.4) is 0 Å². The number of carbonyl (C=O) groups is 1. The van der Waals surface area contributed by atoms with Gasteiger partial charge >= 0.3 is 5.97 Å². The summed E-state index contributed by atoms with van der Waals surface area (Å²) in [5.41, 5.74) is 2.23. The Balaban J connectivity index is 2.59. The molecule has 6 heteroatoms. The lowest BCUT2D eigenvalue weighted by Crippen LogP contribution is -2.04. The molecule has 0 saturated heterocycles. The molecule has 6 nitrogen and oxygen atoms in total. The van der Waals surface area contributed by atoms with Crippen LogP contribution >= 0.6 is 0 Å². The largest absolute Gasteiger partial charge is 0.497 e. The molecule has 0 spiro atoms. The van der Waals surface area contributed by atoms with Gasteiger partial charge in [-0.1, -0.05) is 0 Å². The van der Waals surface area contributed by atoms with Crippen molar-refractivity contribution >= 4 is 11.7 Å². The van der Waals surface area contributed by atoms with E-state index >= 15 is 0 Å². The van der Waals surface area contributed by atoms with Crippen LogP contribution in [-0.4, -0.2) is 25.1 Å². The van der Waals surface area contributed by atoms with Crippen LogP contribution in [0.2, 0.25) is 0 Å². The molecule has 0 amide bonds. The van der Waals surface area contributed by atoms with Crippen LogP contribution in [0.4, 0.5) is 5.69 Å². The number of nitrogens with zero attached hydrogens (tertiary/aromatic N) is 1. The van der Waals surface area contributed by atoms with E-state index in [4.69, 9.17) is 9.47 Å². The lowest BCUT2D eigenvalue weighted by Gasteiger charge is -2.11. The number of nitro benzene ring substituents is 1. The van der Waals surface area contributed by atoms with E-state index < -0.39 is 10.9 Å². The third-order valence-corrected chi connectivity index (χ3v) is 3.34. The van der Waals surface area contributed by atoms with Crippen molar-refractivity contribution in [2.75, 3.05) is 14.2 Å². The third kappa shape index (κ3) is 2.90. The molecule has 0 fully saturated rings. The van der Waals surface area contributed by atoms with E-state index in [1.807, 2.05) is 0 Å². The van der Waals surface area contributed by atoms with Crippen LogP contribution in [-0.2, 0) is 4.74 Å². The van der Waals surface area contributed by atoms with E-state index in [9.17, 15) is 14.9 Å². The fraction of sp³-hybridized carbons (Fsp3) is 0.188. The Hall–Kier alpha value is -2.89. The number of aryl methyl sites for hydroxylation is 1. The average Bonchev–Trinajstić information content (AvgIpc) is 2.53. The van der Waals surface area contributed by atoms with E-state index in [0.717, 1.165) is 0 Å². The fourth-order valence-electron chi connectivity index (χ4n) is 2.21. The van der Waals surface area contributed by atoms with Crippen molar-refractivity contribution in [1.82, 2.24) is 0 Å². The summed E-state index contributed by atoms with van der Waals surface area (Å²) in [7, 11) is 2.80. The van der Waals surface area contributed by atoms with Gasteiger partial charge in [0, 0.05) is 11.6 Å². The molecule has 0 bridgehead atoms. The summed E-state index contributed by atoms with van der Waals surface area (Å²) in [6.45, 7) is 1.66. The second-order valence-corrected chi connectivity index (χ2v) is 4.66. The second-order valence-electron chi connectivity index (χ2n) is 4.66. The molecule has 22 heavy (non-hydrogen) atoms. The molecule has 0 atom stereocenters. The van der Waals surface area contributed by atoms with Gasteiger partial charge in [0.2, 0.25) is 0 Å². The number of hydrogen-bond acceptors (Lipinski definition) is 5. The van der Waals surface area contributed by atoms with Gasteiger partial charge in [-0.25, -0.2) is 4.79 Å². The molecule has 0 radical (unpaired) electrons. The highest BCUT2D eigenvalue weighted by atomic mass is 16.6. The van der Waals surface area contributed by atoms with Gasteiger partial charge in [0.15, 0.2) is 0 Å². The SMILES string of the molecule is COC(=O)c1cc(OC)ccc1-c1ccc([N+](=O)[O-])c(C)c1. The normalized spacial score (nSPS) is 10.1. The van der Waals surface area contributed by atoms with E-state index in [1.54, 1.807) is 37.3 Å². The van der Waals surface area contributed by atoms with Crippen molar-refractivity contribution in [1.29, 1.82) is 0 Å². The highest BCUT2D eigenvalue weighted by Gasteiger charge is 2.17. The molecule has 0 aliphatic carbocycles. The minimum atomic E-state index is -0.495. The quantitative estimate of drug-likeness (QED) is 0.491. The first-order chi connectivity index (χ1) is 10.5. The summed E-state index contributed by atoms with van der Waals surface area (Å²) in [5.74, 6) is 0.0349. The van der Waals surface area contributed by atoms with Crippen molar-refractivity contribution in [2.24, 2.45) is 0 Å². The Morgan fingerprint density at radius 2 is 1.86 bits per heavy atom. The molecule has 0 aliphatic heterocycles. The lowest BCUT2D eigenvalue weighted by molar-refractivity contribution is -0.385. The van der Waals surface area contributed by atoms with Gasteiger partial charge in [0.25, 0.3) is 5.69 Å². The molecular weight excluding hydrogens is 286 g/mol. The van der Waals surface area contributed by atoms with Crippen molar-refractivity contribution in [2.45, 2.75) is 6.92 Å². The zero-order valence-corrected chi connectivity index (χ0v) is 12.5. The van der Waals surface area contributed by atoms with Crippen LogP contribution in [0.15, 0.2) is 36.4 Å². The Morgan fingerprint density at radius 3 is 2.41 bits per heavy atom. The molecule has 114 valence electrons.